The molecule has 0 amide bonds. The number of carbonyl (C=O) groups is 1. The number of aromatic nitrogens is 1. The average Bonchev–Trinajstić information content (AvgIpc) is 2.60. The third-order valence-electron chi connectivity index (χ3n) is 2.82. The number of nitrogens with one attached hydrogen (secondary N) is 1. The maximum absolute atomic E-state index is 12.0. The van der Waals surface area contributed by atoms with Crippen LogP contribution < -0.4 is 15.6 Å². The molecule has 1 heterocycles. The van der Waals surface area contributed by atoms with Crippen LogP contribution in [0.5, 0.6) is 5.75 Å². The van der Waals surface area contributed by atoms with Gasteiger partial charge in [0, 0.05) is 11.5 Å². The van der Waals surface area contributed by atoms with E-state index in [9.17, 15) is 14.4 Å². The molecule has 6 nitrogen and oxygen atoms in total. The molecule has 0 radical (unpaired) electrons. The first-order chi connectivity index (χ1) is 10.0. The molecule has 2 rings (SSSR count). The molecule has 0 unspecified atom stereocenters. The number of aromatic amines is 1. The van der Waals surface area contributed by atoms with E-state index in [0.717, 1.165) is 6.07 Å². The molecule has 0 fully saturated rings. The molecule has 0 aliphatic carbocycles. The number of pyridine rings is 1. The normalized spacial score (nSPS) is 10.9. The maximum atomic E-state index is 12.0. The van der Waals surface area contributed by atoms with E-state index in [1.54, 1.807) is 12.2 Å². The molecule has 21 heavy (non-hydrogen) atoms. The summed E-state index contributed by atoms with van der Waals surface area (Å²) in [7, 11) is 0. The van der Waals surface area contributed by atoms with Gasteiger partial charge in [0.25, 0.3) is 0 Å². The molecule has 2 N–H and O–H groups in total. The Balaban J connectivity index is 2.66. The summed E-state index contributed by atoms with van der Waals surface area (Å²) >= 11 is 0. The minimum absolute atomic E-state index is 0.0386. The molecule has 2 aromatic rings. The summed E-state index contributed by atoms with van der Waals surface area (Å²) in [5.74, 6) is -1.20. The third kappa shape index (κ3) is 3.17. The van der Waals surface area contributed by atoms with Crippen LogP contribution in [0.1, 0.15) is 17.4 Å². The Morgan fingerprint density at radius 1 is 1.29 bits per heavy atom. The van der Waals surface area contributed by atoms with Gasteiger partial charge in [0.05, 0.1) is 5.52 Å². The second-order valence-electron chi connectivity index (χ2n) is 4.27. The third-order valence-corrected chi connectivity index (χ3v) is 2.82. The summed E-state index contributed by atoms with van der Waals surface area (Å²) in [6.45, 7) is 2.03. The highest BCUT2D eigenvalue weighted by atomic mass is 16.5. The quantitative estimate of drug-likeness (QED) is 0.831. The molecule has 0 atom stereocenters. The standard InChI is InChI=1S/C15H13NO5/c1-2-3-6-21-14-7-9-10(4-5-12(14)17)16-11(15(19)20)8-13(9)18/h2-5,7-8H,6H2,1H3,(H,16,18)(H,19,20). The molecule has 0 aliphatic heterocycles. The van der Waals surface area contributed by atoms with Gasteiger partial charge in [-0.15, -0.1) is 0 Å². The van der Waals surface area contributed by atoms with Crippen LogP contribution in [0.25, 0.3) is 10.9 Å². The molecule has 0 saturated heterocycles. The van der Waals surface area contributed by atoms with E-state index in [2.05, 4.69) is 4.98 Å². The number of hydrogen-bond acceptors (Lipinski definition) is 4. The van der Waals surface area contributed by atoms with Gasteiger partial charge in [0.15, 0.2) is 11.2 Å². The van der Waals surface area contributed by atoms with Gasteiger partial charge in [-0.2, -0.15) is 0 Å². The van der Waals surface area contributed by atoms with Crippen molar-refractivity contribution in [2.75, 3.05) is 6.61 Å². The van der Waals surface area contributed by atoms with Crippen molar-refractivity contribution in [3.8, 4) is 5.75 Å². The summed E-state index contributed by atoms with van der Waals surface area (Å²) in [4.78, 5) is 37.4. The number of H-pyrrole nitrogens is 1. The van der Waals surface area contributed by atoms with Crippen molar-refractivity contribution in [3.63, 3.8) is 0 Å². The molecule has 0 spiro atoms. The summed E-state index contributed by atoms with van der Waals surface area (Å²) in [6, 6.07) is 4.90. The van der Waals surface area contributed by atoms with Crippen molar-refractivity contribution >= 4 is 16.9 Å². The van der Waals surface area contributed by atoms with Crippen molar-refractivity contribution in [2.45, 2.75) is 6.92 Å². The van der Waals surface area contributed by atoms with Gasteiger partial charge in [-0.05, 0) is 25.1 Å². The fraction of sp³-hybridized carbons (Fsp3) is 0.133. The Morgan fingerprint density at radius 2 is 2.05 bits per heavy atom. The van der Waals surface area contributed by atoms with Crippen LogP contribution in [0.15, 0.2) is 46.0 Å². The molecule has 0 saturated carbocycles. The Kier molecular flexibility index (Phi) is 4.18. The topological polar surface area (TPSA) is 96.5 Å². The Morgan fingerprint density at radius 3 is 2.71 bits per heavy atom. The lowest BCUT2D eigenvalue weighted by Crippen LogP contribution is -2.09. The molecule has 0 aliphatic rings. The lowest BCUT2D eigenvalue weighted by atomic mass is 10.2. The average molecular weight is 287 g/mol. The second-order valence-corrected chi connectivity index (χ2v) is 4.27. The highest BCUT2D eigenvalue weighted by Gasteiger charge is 2.09. The predicted molar refractivity (Wildman–Crippen MR) is 78.1 cm³/mol. The molecular formula is C15H13NO5. The van der Waals surface area contributed by atoms with Crippen molar-refractivity contribution in [2.24, 2.45) is 0 Å². The number of aromatic carboxylic acids is 1. The molecule has 0 bridgehead atoms. The number of hydrogen-bond donors (Lipinski definition) is 2. The molecule has 108 valence electrons. The first-order valence-corrected chi connectivity index (χ1v) is 6.21. The number of fused-ring (bicyclic) bond motifs is 1. The largest absolute Gasteiger partial charge is 0.485 e. The fourth-order valence-corrected chi connectivity index (χ4v) is 1.78. The van der Waals surface area contributed by atoms with E-state index in [4.69, 9.17) is 9.84 Å². The van der Waals surface area contributed by atoms with E-state index in [1.807, 2.05) is 6.92 Å². The first kappa shape index (κ1) is 14.5. The van der Waals surface area contributed by atoms with E-state index >= 15 is 0 Å². The van der Waals surface area contributed by atoms with Crippen LogP contribution in [0.3, 0.4) is 0 Å². The summed E-state index contributed by atoms with van der Waals surface area (Å²) in [6.07, 6.45) is 3.50. The second kappa shape index (κ2) is 6.04. The van der Waals surface area contributed by atoms with Crippen LogP contribution in [0, 0.1) is 0 Å². The van der Waals surface area contributed by atoms with E-state index in [1.165, 1.54) is 18.2 Å². The minimum atomic E-state index is -1.24. The predicted octanol–water partition coefficient (Wildman–Crippen LogP) is 1.54. The maximum Gasteiger partial charge on any atom is 0.352 e. The van der Waals surface area contributed by atoms with Gasteiger partial charge in [0.2, 0.25) is 5.43 Å². The Hall–Kier alpha value is -2.89. The zero-order chi connectivity index (χ0) is 15.4. The number of allylic oxidation sites excluding steroid dienone is 1. The summed E-state index contributed by atoms with van der Waals surface area (Å²) in [5, 5.41) is 9.11. The van der Waals surface area contributed by atoms with Crippen LogP contribution >= 0.6 is 0 Å². The van der Waals surface area contributed by atoms with Gasteiger partial charge >= 0.3 is 5.97 Å². The van der Waals surface area contributed by atoms with E-state index in [0.29, 0.717) is 0 Å². The first-order valence-electron chi connectivity index (χ1n) is 6.21. The van der Waals surface area contributed by atoms with E-state index < -0.39 is 11.4 Å². The van der Waals surface area contributed by atoms with Crippen molar-refractivity contribution < 1.29 is 14.6 Å². The van der Waals surface area contributed by atoms with Crippen LogP contribution in [-0.4, -0.2) is 22.7 Å². The summed E-state index contributed by atoms with van der Waals surface area (Å²) in [5.41, 5.74) is -0.853. The van der Waals surface area contributed by atoms with Crippen LogP contribution in [0.2, 0.25) is 0 Å². The fourth-order valence-electron chi connectivity index (χ4n) is 1.78. The van der Waals surface area contributed by atoms with Crippen molar-refractivity contribution in [1.82, 2.24) is 4.98 Å². The molecule has 1 aromatic heterocycles. The van der Waals surface area contributed by atoms with Gasteiger partial charge in [0.1, 0.15) is 12.3 Å². The monoisotopic (exact) mass is 287 g/mol. The van der Waals surface area contributed by atoms with Crippen molar-refractivity contribution in [1.29, 1.82) is 0 Å². The molecular weight excluding hydrogens is 274 g/mol. The zero-order valence-corrected chi connectivity index (χ0v) is 11.3. The van der Waals surface area contributed by atoms with Gasteiger partial charge in [-0.3, -0.25) is 9.59 Å². The SMILES string of the molecule is CC=CCOc1cc2c(=O)cc(C(=O)O)[nH]c2ccc1=O. The lowest BCUT2D eigenvalue weighted by Gasteiger charge is -2.00. The molecule has 1 aromatic carbocycles. The smallest absolute Gasteiger partial charge is 0.352 e. The number of ether oxygens (including phenoxy) is 1. The number of carboxylic acid groups (broad SMARTS) is 1. The Bertz CT molecular complexity index is 835. The minimum Gasteiger partial charge on any atom is -0.485 e. The van der Waals surface area contributed by atoms with Crippen LogP contribution in [-0.2, 0) is 0 Å². The van der Waals surface area contributed by atoms with E-state index in [-0.39, 0.29) is 34.4 Å². The van der Waals surface area contributed by atoms with Gasteiger partial charge < -0.3 is 14.8 Å². The zero-order valence-electron chi connectivity index (χ0n) is 11.3. The van der Waals surface area contributed by atoms with Gasteiger partial charge in [-0.1, -0.05) is 12.2 Å². The van der Waals surface area contributed by atoms with Gasteiger partial charge in [-0.25, -0.2) is 4.79 Å². The number of carboxylic acids is 1. The summed E-state index contributed by atoms with van der Waals surface area (Å²) < 4.78 is 5.31. The molecule has 6 heteroatoms. The lowest BCUT2D eigenvalue weighted by molar-refractivity contribution is 0.0691. The van der Waals surface area contributed by atoms with Crippen molar-refractivity contribution in [3.05, 3.63) is 62.6 Å². The Labute approximate surface area is 119 Å². The highest BCUT2D eigenvalue weighted by Crippen LogP contribution is 2.11. The van der Waals surface area contributed by atoms with Crippen LogP contribution in [0.4, 0.5) is 0 Å². The highest BCUT2D eigenvalue weighted by molar-refractivity contribution is 5.89. The number of rotatable bonds is 4.